The van der Waals surface area contributed by atoms with E-state index in [2.05, 4.69) is 20.6 Å². The Labute approximate surface area is 166 Å². The number of rotatable bonds is 6. The molecule has 0 radical (unpaired) electrons. The van der Waals surface area contributed by atoms with E-state index in [1.54, 1.807) is 12.1 Å². The molecule has 2 heterocycles. The minimum Gasteiger partial charge on any atom is -0.381 e. The van der Waals surface area contributed by atoms with Gasteiger partial charge in [0.15, 0.2) is 0 Å². The van der Waals surface area contributed by atoms with Gasteiger partial charge in [-0.3, -0.25) is 4.79 Å². The maximum absolute atomic E-state index is 13.1. The molecule has 0 fully saturated rings. The van der Waals surface area contributed by atoms with Crippen molar-refractivity contribution in [2.75, 3.05) is 6.54 Å². The van der Waals surface area contributed by atoms with Gasteiger partial charge in [-0.05, 0) is 17.7 Å². The van der Waals surface area contributed by atoms with Crippen LogP contribution in [0, 0.1) is 11.7 Å². The maximum Gasteiger partial charge on any atom is 0.264 e. The second kappa shape index (κ2) is 8.22. The molecule has 1 aliphatic rings. The standard InChI is InChI=1S/C21H19FN4O3/c1-13-18(14-7-9-16(22)10-8-14)25-29-19(13)21(27)23-12-11-17-24-20(26-28-17)15-5-3-2-4-6-15/h2-10,13,19H,11-12H2,1H3,(H,23,27)/t13-,19-/m1/s1. The molecule has 29 heavy (non-hydrogen) atoms. The van der Waals surface area contributed by atoms with Gasteiger partial charge in [-0.1, -0.05) is 59.7 Å². The third-order valence-electron chi connectivity index (χ3n) is 4.69. The summed E-state index contributed by atoms with van der Waals surface area (Å²) in [4.78, 5) is 22.1. The van der Waals surface area contributed by atoms with Crippen LogP contribution in [0.1, 0.15) is 18.4 Å². The Bertz CT molecular complexity index is 1020. The zero-order chi connectivity index (χ0) is 20.2. The molecule has 0 saturated carbocycles. The molecule has 0 aliphatic carbocycles. The number of hydrogen-bond donors (Lipinski definition) is 1. The van der Waals surface area contributed by atoms with Gasteiger partial charge in [0, 0.05) is 18.5 Å². The second-order valence-electron chi connectivity index (χ2n) is 6.72. The van der Waals surface area contributed by atoms with E-state index >= 15 is 0 Å². The largest absolute Gasteiger partial charge is 0.381 e. The van der Waals surface area contributed by atoms with Crippen LogP contribution in [0.5, 0.6) is 0 Å². The van der Waals surface area contributed by atoms with Gasteiger partial charge in [0.1, 0.15) is 5.82 Å². The Hall–Kier alpha value is -3.55. The second-order valence-corrected chi connectivity index (χ2v) is 6.72. The molecule has 2 atom stereocenters. The number of oxime groups is 1. The van der Waals surface area contributed by atoms with E-state index in [9.17, 15) is 9.18 Å². The highest BCUT2D eigenvalue weighted by Gasteiger charge is 2.36. The normalized spacial score (nSPS) is 18.2. The van der Waals surface area contributed by atoms with Crippen LogP contribution in [0.15, 0.2) is 64.3 Å². The number of amides is 1. The van der Waals surface area contributed by atoms with E-state index in [-0.39, 0.29) is 17.6 Å². The number of benzene rings is 2. The Morgan fingerprint density at radius 2 is 1.86 bits per heavy atom. The molecule has 148 valence electrons. The summed E-state index contributed by atoms with van der Waals surface area (Å²) >= 11 is 0. The fraction of sp³-hybridized carbons (Fsp3) is 0.238. The van der Waals surface area contributed by atoms with Gasteiger partial charge in [-0.15, -0.1) is 0 Å². The smallest absolute Gasteiger partial charge is 0.264 e. The van der Waals surface area contributed by atoms with E-state index in [4.69, 9.17) is 9.36 Å². The van der Waals surface area contributed by atoms with Crippen molar-refractivity contribution in [3.63, 3.8) is 0 Å². The van der Waals surface area contributed by atoms with E-state index < -0.39 is 6.10 Å². The molecule has 1 N–H and O–H groups in total. The molecule has 2 aromatic carbocycles. The fourth-order valence-corrected chi connectivity index (χ4v) is 3.10. The average Bonchev–Trinajstić information content (AvgIpc) is 3.36. The molecular formula is C21H19FN4O3. The van der Waals surface area contributed by atoms with Gasteiger partial charge in [-0.25, -0.2) is 4.39 Å². The molecule has 0 unspecified atom stereocenters. The number of carbonyl (C=O) groups excluding carboxylic acids is 1. The van der Waals surface area contributed by atoms with Gasteiger partial charge in [0.25, 0.3) is 5.91 Å². The van der Waals surface area contributed by atoms with Crippen LogP contribution in [-0.2, 0) is 16.1 Å². The van der Waals surface area contributed by atoms with Crippen molar-refractivity contribution in [1.82, 2.24) is 15.5 Å². The molecule has 8 heteroatoms. The quantitative estimate of drug-likeness (QED) is 0.694. The van der Waals surface area contributed by atoms with Crippen LogP contribution in [0.25, 0.3) is 11.4 Å². The molecule has 0 saturated heterocycles. The lowest BCUT2D eigenvalue weighted by atomic mass is 9.94. The first-order chi connectivity index (χ1) is 14.1. The molecule has 1 aliphatic heterocycles. The minimum atomic E-state index is -0.738. The fourth-order valence-electron chi connectivity index (χ4n) is 3.10. The summed E-state index contributed by atoms with van der Waals surface area (Å²) in [5, 5.41) is 10.8. The van der Waals surface area contributed by atoms with Crippen LogP contribution in [0.2, 0.25) is 0 Å². The van der Waals surface area contributed by atoms with Gasteiger partial charge in [0.2, 0.25) is 17.8 Å². The first kappa shape index (κ1) is 18.8. The molecule has 7 nitrogen and oxygen atoms in total. The maximum atomic E-state index is 13.1. The molecule has 3 aromatic rings. The van der Waals surface area contributed by atoms with Crippen LogP contribution in [0.3, 0.4) is 0 Å². The average molecular weight is 394 g/mol. The van der Waals surface area contributed by atoms with Crippen LogP contribution in [-0.4, -0.2) is 34.4 Å². The number of halogens is 1. The molecule has 1 aromatic heterocycles. The topological polar surface area (TPSA) is 89.6 Å². The van der Waals surface area contributed by atoms with Crippen molar-refractivity contribution in [2.45, 2.75) is 19.4 Å². The lowest BCUT2D eigenvalue weighted by molar-refractivity contribution is -0.132. The monoisotopic (exact) mass is 394 g/mol. The SMILES string of the molecule is C[C@@H]1C(c2ccc(F)cc2)=NO[C@H]1C(=O)NCCc1nc(-c2ccccc2)no1. The molecule has 4 rings (SSSR count). The number of carbonyl (C=O) groups is 1. The van der Waals surface area contributed by atoms with Crippen LogP contribution in [0.4, 0.5) is 4.39 Å². The zero-order valence-electron chi connectivity index (χ0n) is 15.7. The van der Waals surface area contributed by atoms with E-state index in [0.29, 0.717) is 30.4 Å². The lowest BCUT2D eigenvalue weighted by Crippen LogP contribution is -2.40. The van der Waals surface area contributed by atoms with Crippen molar-refractivity contribution in [1.29, 1.82) is 0 Å². The van der Waals surface area contributed by atoms with Crippen LogP contribution < -0.4 is 5.32 Å². The summed E-state index contributed by atoms with van der Waals surface area (Å²) in [5.74, 6) is 0.0891. The molecular weight excluding hydrogens is 375 g/mol. The summed E-state index contributed by atoms with van der Waals surface area (Å²) in [7, 11) is 0. The Balaban J connectivity index is 1.29. The van der Waals surface area contributed by atoms with Gasteiger partial charge < -0.3 is 14.7 Å². The van der Waals surface area contributed by atoms with Crippen molar-refractivity contribution in [3.05, 3.63) is 71.9 Å². The number of hydrogen-bond acceptors (Lipinski definition) is 6. The number of nitrogens with zero attached hydrogens (tertiary/aromatic N) is 3. The van der Waals surface area contributed by atoms with E-state index in [0.717, 1.165) is 11.1 Å². The third kappa shape index (κ3) is 4.16. The minimum absolute atomic E-state index is 0.256. The van der Waals surface area contributed by atoms with E-state index in [1.165, 1.54) is 12.1 Å². The van der Waals surface area contributed by atoms with Crippen LogP contribution >= 0.6 is 0 Å². The number of nitrogens with one attached hydrogen (secondary N) is 1. The van der Waals surface area contributed by atoms with Gasteiger partial charge in [0.05, 0.1) is 11.6 Å². The Morgan fingerprint density at radius 3 is 2.62 bits per heavy atom. The summed E-state index contributed by atoms with van der Waals surface area (Å²) in [6.07, 6.45) is -0.337. The molecule has 1 amide bonds. The highest BCUT2D eigenvalue weighted by atomic mass is 19.1. The first-order valence-corrected chi connectivity index (χ1v) is 9.27. The highest BCUT2D eigenvalue weighted by Crippen LogP contribution is 2.23. The van der Waals surface area contributed by atoms with Gasteiger partial charge in [-0.2, -0.15) is 4.98 Å². The Morgan fingerprint density at radius 1 is 1.10 bits per heavy atom. The van der Waals surface area contributed by atoms with Crippen molar-refractivity contribution >= 4 is 11.6 Å². The molecule has 0 spiro atoms. The first-order valence-electron chi connectivity index (χ1n) is 9.27. The zero-order valence-corrected chi connectivity index (χ0v) is 15.7. The summed E-state index contributed by atoms with van der Waals surface area (Å²) in [6, 6.07) is 15.5. The summed E-state index contributed by atoms with van der Waals surface area (Å²) in [6.45, 7) is 2.18. The predicted octanol–water partition coefficient (Wildman–Crippen LogP) is 2.97. The predicted molar refractivity (Wildman–Crippen MR) is 103 cm³/mol. The Kier molecular flexibility index (Phi) is 5.33. The third-order valence-corrected chi connectivity index (χ3v) is 4.69. The summed E-state index contributed by atoms with van der Waals surface area (Å²) < 4.78 is 18.3. The van der Waals surface area contributed by atoms with Crippen molar-refractivity contribution < 1.29 is 18.5 Å². The molecule has 0 bridgehead atoms. The highest BCUT2D eigenvalue weighted by molar-refractivity contribution is 6.05. The van der Waals surface area contributed by atoms with E-state index in [1.807, 2.05) is 37.3 Å². The lowest BCUT2D eigenvalue weighted by Gasteiger charge is -2.14. The summed E-state index contributed by atoms with van der Waals surface area (Å²) in [5.41, 5.74) is 2.22. The van der Waals surface area contributed by atoms with Crippen molar-refractivity contribution in [2.24, 2.45) is 11.1 Å². The van der Waals surface area contributed by atoms with Crippen molar-refractivity contribution in [3.8, 4) is 11.4 Å². The van der Waals surface area contributed by atoms with Gasteiger partial charge >= 0.3 is 0 Å². The number of aromatic nitrogens is 2.